The number of rotatable bonds is 3. The van der Waals surface area contributed by atoms with Crippen molar-refractivity contribution in [2.75, 3.05) is 11.1 Å². The van der Waals surface area contributed by atoms with E-state index in [1.165, 1.54) is 11.4 Å². The summed E-state index contributed by atoms with van der Waals surface area (Å²) >= 11 is 0. The second-order valence-electron chi connectivity index (χ2n) is 5.57. The van der Waals surface area contributed by atoms with Gasteiger partial charge in [-0.3, -0.25) is 4.79 Å². The van der Waals surface area contributed by atoms with Gasteiger partial charge in [0.05, 0.1) is 0 Å². The molecule has 0 spiro atoms. The van der Waals surface area contributed by atoms with E-state index in [9.17, 15) is 4.79 Å². The van der Waals surface area contributed by atoms with Crippen LogP contribution in [0, 0.1) is 13.8 Å². The van der Waals surface area contributed by atoms with Gasteiger partial charge in [0.2, 0.25) is 0 Å². The van der Waals surface area contributed by atoms with Gasteiger partial charge in [-0.2, -0.15) is 0 Å². The first-order chi connectivity index (χ1) is 11.0. The van der Waals surface area contributed by atoms with Crippen LogP contribution >= 0.6 is 0 Å². The first-order valence-electron chi connectivity index (χ1n) is 7.47. The maximum absolute atomic E-state index is 12.3. The fourth-order valence-corrected chi connectivity index (χ4v) is 2.61. The molecule has 3 rings (SSSR count). The van der Waals surface area contributed by atoms with Gasteiger partial charge in [-0.1, -0.05) is 0 Å². The standard InChI is InChI=1S/C19H19N3O/c1-13-3-4-14(2)22(13)18-11-5-15(6-12-18)19(23)21-17-9-7-16(20)8-10-17/h3-12H,20H2,1-2H3,(H,21,23). The highest BCUT2D eigenvalue weighted by atomic mass is 16.1. The molecule has 4 heteroatoms. The largest absolute Gasteiger partial charge is 0.399 e. The number of hydrogen-bond donors (Lipinski definition) is 2. The minimum atomic E-state index is -0.137. The topological polar surface area (TPSA) is 60.0 Å². The molecule has 2 aromatic carbocycles. The summed E-state index contributed by atoms with van der Waals surface area (Å²) in [5.74, 6) is -0.137. The molecular weight excluding hydrogens is 286 g/mol. The van der Waals surface area contributed by atoms with Crippen molar-refractivity contribution in [3.63, 3.8) is 0 Å². The minimum Gasteiger partial charge on any atom is -0.399 e. The van der Waals surface area contributed by atoms with Crippen LogP contribution in [0.1, 0.15) is 21.7 Å². The zero-order chi connectivity index (χ0) is 16.4. The van der Waals surface area contributed by atoms with Crippen molar-refractivity contribution >= 4 is 17.3 Å². The summed E-state index contributed by atoms with van der Waals surface area (Å²) in [6.45, 7) is 4.13. The van der Waals surface area contributed by atoms with Crippen LogP contribution < -0.4 is 11.1 Å². The Morgan fingerprint density at radius 3 is 2.00 bits per heavy atom. The van der Waals surface area contributed by atoms with Crippen LogP contribution in [0.3, 0.4) is 0 Å². The SMILES string of the molecule is Cc1ccc(C)n1-c1ccc(C(=O)Nc2ccc(N)cc2)cc1. The number of aryl methyl sites for hydroxylation is 2. The Balaban J connectivity index is 1.79. The highest BCUT2D eigenvalue weighted by Crippen LogP contribution is 2.18. The predicted molar refractivity (Wildman–Crippen MR) is 94.1 cm³/mol. The number of carbonyl (C=O) groups is 1. The van der Waals surface area contributed by atoms with Crippen molar-refractivity contribution in [3.05, 3.63) is 77.6 Å². The zero-order valence-electron chi connectivity index (χ0n) is 13.2. The Kier molecular flexibility index (Phi) is 3.89. The van der Waals surface area contributed by atoms with Crippen molar-refractivity contribution in [2.24, 2.45) is 0 Å². The Morgan fingerprint density at radius 2 is 1.43 bits per heavy atom. The molecule has 0 aliphatic rings. The first-order valence-corrected chi connectivity index (χ1v) is 7.47. The number of nitrogens with one attached hydrogen (secondary N) is 1. The Labute approximate surface area is 135 Å². The normalized spacial score (nSPS) is 10.5. The Hall–Kier alpha value is -3.01. The molecule has 3 N–H and O–H groups in total. The van der Waals surface area contributed by atoms with E-state index in [0.29, 0.717) is 11.3 Å². The van der Waals surface area contributed by atoms with Gasteiger partial charge in [0, 0.05) is 34.0 Å². The summed E-state index contributed by atoms with van der Waals surface area (Å²) in [4.78, 5) is 12.3. The maximum atomic E-state index is 12.3. The highest BCUT2D eigenvalue weighted by molar-refractivity contribution is 6.04. The number of hydrogen-bond acceptors (Lipinski definition) is 2. The van der Waals surface area contributed by atoms with Gasteiger partial charge >= 0.3 is 0 Å². The monoisotopic (exact) mass is 305 g/mol. The molecule has 0 radical (unpaired) electrons. The van der Waals surface area contributed by atoms with Crippen molar-refractivity contribution in [1.29, 1.82) is 0 Å². The molecule has 1 aromatic heterocycles. The third-order valence-electron chi connectivity index (χ3n) is 3.83. The lowest BCUT2D eigenvalue weighted by Gasteiger charge is -2.10. The van der Waals surface area contributed by atoms with E-state index < -0.39 is 0 Å². The van der Waals surface area contributed by atoms with E-state index in [1.54, 1.807) is 24.3 Å². The van der Waals surface area contributed by atoms with Gasteiger partial charge in [0.25, 0.3) is 5.91 Å². The molecule has 23 heavy (non-hydrogen) atoms. The molecule has 0 aliphatic carbocycles. The van der Waals surface area contributed by atoms with Gasteiger partial charge in [0.15, 0.2) is 0 Å². The van der Waals surface area contributed by atoms with Crippen molar-refractivity contribution in [2.45, 2.75) is 13.8 Å². The smallest absolute Gasteiger partial charge is 0.255 e. The van der Waals surface area contributed by atoms with Crippen molar-refractivity contribution in [3.8, 4) is 5.69 Å². The van der Waals surface area contributed by atoms with E-state index >= 15 is 0 Å². The van der Waals surface area contributed by atoms with Crippen molar-refractivity contribution < 1.29 is 4.79 Å². The van der Waals surface area contributed by atoms with E-state index in [2.05, 4.69) is 35.9 Å². The molecular formula is C19H19N3O. The molecule has 0 atom stereocenters. The van der Waals surface area contributed by atoms with Gasteiger partial charge in [-0.15, -0.1) is 0 Å². The molecule has 0 fully saturated rings. The molecule has 0 saturated carbocycles. The molecule has 0 aliphatic heterocycles. The maximum Gasteiger partial charge on any atom is 0.255 e. The summed E-state index contributed by atoms with van der Waals surface area (Å²) in [6, 6.07) is 18.8. The molecule has 0 bridgehead atoms. The zero-order valence-corrected chi connectivity index (χ0v) is 13.2. The summed E-state index contributed by atoms with van der Waals surface area (Å²) in [5, 5.41) is 2.86. The molecule has 1 heterocycles. The summed E-state index contributed by atoms with van der Waals surface area (Å²) < 4.78 is 2.15. The summed E-state index contributed by atoms with van der Waals surface area (Å²) in [6.07, 6.45) is 0. The summed E-state index contributed by atoms with van der Waals surface area (Å²) in [7, 11) is 0. The lowest BCUT2D eigenvalue weighted by atomic mass is 10.1. The lowest BCUT2D eigenvalue weighted by molar-refractivity contribution is 0.102. The number of carbonyl (C=O) groups excluding carboxylic acids is 1. The third kappa shape index (κ3) is 3.11. The molecule has 3 aromatic rings. The number of nitrogens with two attached hydrogens (primary N) is 1. The van der Waals surface area contributed by atoms with Gasteiger partial charge < -0.3 is 15.6 Å². The number of anilines is 2. The van der Waals surface area contributed by atoms with Crippen LogP contribution in [0.4, 0.5) is 11.4 Å². The number of amides is 1. The second kappa shape index (κ2) is 6.01. The Morgan fingerprint density at radius 1 is 0.870 bits per heavy atom. The minimum absolute atomic E-state index is 0.137. The van der Waals surface area contributed by atoms with Crippen LogP contribution in [-0.2, 0) is 0 Å². The molecule has 1 amide bonds. The van der Waals surface area contributed by atoms with Crippen LogP contribution in [0.2, 0.25) is 0 Å². The fourth-order valence-electron chi connectivity index (χ4n) is 2.61. The van der Waals surface area contributed by atoms with E-state index in [1.807, 2.05) is 24.3 Å². The second-order valence-corrected chi connectivity index (χ2v) is 5.57. The predicted octanol–water partition coefficient (Wildman–Crippen LogP) is 3.93. The number of nitrogens with zero attached hydrogens (tertiary/aromatic N) is 1. The highest BCUT2D eigenvalue weighted by Gasteiger charge is 2.08. The quantitative estimate of drug-likeness (QED) is 0.720. The molecule has 4 nitrogen and oxygen atoms in total. The van der Waals surface area contributed by atoms with Crippen LogP contribution in [-0.4, -0.2) is 10.5 Å². The number of aromatic nitrogens is 1. The van der Waals surface area contributed by atoms with Gasteiger partial charge in [-0.05, 0) is 74.5 Å². The third-order valence-corrected chi connectivity index (χ3v) is 3.83. The van der Waals surface area contributed by atoms with E-state index in [-0.39, 0.29) is 5.91 Å². The fraction of sp³-hybridized carbons (Fsp3) is 0.105. The number of nitrogen functional groups attached to an aromatic ring is 1. The van der Waals surface area contributed by atoms with Gasteiger partial charge in [0.1, 0.15) is 0 Å². The molecule has 0 saturated heterocycles. The number of benzene rings is 2. The Bertz CT molecular complexity index is 811. The van der Waals surface area contributed by atoms with Crippen molar-refractivity contribution in [1.82, 2.24) is 4.57 Å². The van der Waals surface area contributed by atoms with Crippen LogP contribution in [0.5, 0.6) is 0 Å². The average Bonchev–Trinajstić information content (AvgIpc) is 2.88. The summed E-state index contributed by atoms with van der Waals surface area (Å²) in [5.41, 5.74) is 11.0. The molecule has 116 valence electrons. The van der Waals surface area contributed by atoms with Crippen LogP contribution in [0.25, 0.3) is 5.69 Å². The van der Waals surface area contributed by atoms with E-state index in [0.717, 1.165) is 11.4 Å². The average molecular weight is 305 g/mol. The van der Waals surface area contributed by atoms with Crippen LogP contribution in [0.15, 0.2) is 60.7 Å². The first kappa shape index (κ1) is 14.9. The molecule has 0 unspecified atom stereocenters. The van der Waals surface area contributed by atoms with Gasteiger partial charge in [-0.25, -0.2) is 0 Å². The van der Waals surface area contributed by atoms with E-state index in [4.69, 9.17) is 5.73 Å². The lowest BCUT2D eigenvalue weighted by Crippen LogP contribution is -2.12.